The first kappa shape index (κ1) is 12.0. The Morgan fingerprint density at radius 1 is 1.47 bits per heavy atom. The number of hydrogen-bond acceptors (Lipinski definition) is 3. The third-order valence-corrected chi connectivity index (χ3v) is 2.85. The predicted molar refractivity (Wildman–Crippen MR) is 62.2 cm³/mol. The van der Waals surface area contributed by atoms with E-state index in [0.29, 0.717) is 6.54 Å². The summed E-state index contributed by atoms with van der Waals surface area (Å²) in [4.78, 5) is 15.5. The van der Waals surface area contributed by atoms with Crippen LogP contribution in [-0.4, -0.2) is 24.1 Å². The molecular formula is C10H17N3OS. The van der Waals surface area contributed by atoms with Crippen molar-refractivity contribution >= 4 is 17.4 Å². The number of aromatic nitrogens is 1. The van der Waals surface area contributed by atoms with Crippen LogP contribution in [0.25, 0.3) is 0 Å². The zero-order chi connectivity index (χ0) is 11.1. The molecule has 1 rings (SSSR count). The summed E-state index contributed by atoms with van der Waals surface area (Å²) in [6.07, 6.45) is 1.76. The van der Waals surface area contributed by atoms with Crippen LogP contribution in [-0.2, 0) is 6.42 Å². The highest BCUT2D eigenvalue weighted by atomic mass is 32.1. The maximum atomic E-state index is 11.2. The molecular weight excluding hydrogens is 210 g/mol. The van der Waals surface area contributed by atoms with Gasteiger partial charge < -0.3 is 10.6 Å². The third kappa shape index (κ3) is 4.78. The van der Waals surface area contributed by atoms with Gasteiger partial charge in [-0.3, -0.25) is 0 Å². The van der Waals surface area contributed by atoms with Gasteiger partial charge in [-0.15, -0.1) is 11.3 Å². The first-order chi connectivity index (χ1) is 7.22. The molecule has 1 heterocycles. The van der Waals surface area contributed by atoms with E-state index in [1.807, 2.05) is 19.2 Å². The fourth-order valence-electron chi connectivity index (χ4n) is 1.10. The molecule has 0 unspecified atom stereocenters. The van der Waals surface area contributed by atoms with Crippen molar-refractivity contribution in [1.29, 1.82) is 0 Å². The monoisotopic (exact) mass is 227 g/mol. The molecule has 0 atom stereocenters. The molecule has 0 fully saturated rings. The van der Waals surface area contributed by atoms with Crippen molar-refractivity contribution < 1.29 is 4.79 Å². The zero-order valence-corrected chi connectivity index (χ0v) is 9.99. The lowest BCUT2D eigenvalue weighted by Gasteiger charge is -2.04. The predicted octanol–water partition coefficient (Wildman–Crippen LogP) is 1.70. The molecule has 2 N–H and O–H groups in total. The molecule has 4 nitrogen and oxygen atoms in total. The number of carbonyl (C=O) groups excluding carboxylic acids is 1. The van der Waals surface area contributed by atoms with Crippen molar-refractivity contribution in [2.45, 2.75) is 26.7 Å². The number of hydrogen-bond donors (Lipinski definition) is 2. The fourth-order valence-corrected chi connectivity index (χ4v) is 1.88. The van der Waals surface area contributed by atoms with Crippen molar-refractivity contribution in [3.05, 3.63) is 16.1 Å². The van der Waals surface area contributed by atoms with Crippen molar-refractivity contribution in [3.63, 3.8) is 0 Å². The molecule has 0 spiro atoms. The van der Waals surface area contributed by atoms with Gasteiger partial charge in [0.2, 0.25) is 0 Å². The Labute approximate surface area is 94.1 Å². The minimum atomic E-state index is -0.0925. The van der Waals surface area contributed by atoms with Crippen LogP contribution < -0.4 is 10.6 Å². The molecule has 84 valence electrons. The number of amides is 2. The SMILES string of the molecule is CCCNC(=O)NCCc1nc(C)cs1. The third-order valence-electron chi connectivity index (χ3n) is 1.83. The Morgan fingerprint density at radius 2 is 2.20 bits per heavy atom. The molecule has 2 amide bonds. The largest absolute Gasteiger partial charge is 0.338 e. The van der Waals surface area contributed by atoms with Crippen LogP contribution in [0.2, 0.25) is 0 Å². The van der Waals surface area contributed by atoms with Gasteiger partial charge in [-0.1, -0.05) is 6.92 Å². The minimum absolute atomic E-state index is 0.0925. The van der Waals surface area contributed by atoms with Crippen LogP contribution in [0.1, 0.15) is 24.0 Å². The van der Waals surface area contributed by atoms with Gasteiger partial charge >= 0.3 is 6.03 Å². The molecule has 1 aromatic heterocycles. The lowest BCUT2D eigenvalue weighted by Crippen LogP contribution is -2.36. The Hall–Kier alpha value is -1.10. The summed E-state index contributed by atoms with van der Waals surface area (Å²) in [5.74, 6) is 0. The smallest absolute Gasteiger partial charge is 0.314 e. The van der Waals surface area contributed by atoms with E-state index in [1.165, 1.54) is 0 Å². The normalized spacial score (nSPS) is 10.0. The highest BCUT2D eigenvalue weighted by molar-refractivity contribution is 7.09. The van der Waals surface area contributed by atoms with Crippen LogP contribution in [0.15, 0.2) is 5.38 Å². The van der Waals surface area contributed by atoms with E-state index in [1.54, 1.807) is 11.3 Å². The van der Waals surface area contributed by atoms with Gasteiger partial charge in [-0.2, -0.15) is 0 Å². The highest BCUT2D eigenvalue weighted by Gasteiger charge is 2.00. The number of nitrogens with zero attached hydrogens (tertiary/aromatic N) is 1. The van der Waals surface area contributed by atoms with Gasteiger partial charge in [0.05, 0.1) is 5.01 Å². The zero-order valence-electron chi connectivity index (χ0n) is 9.17. The van der Waals surface area contributed by atoms with E-state index in [4.69, 9.17) is 0 Å². The van der Waals surface area contributed by atoms with E-state index >= 15 is 0 Å². The Bertz CT molecular complexity index is 311. The fraction of sp³-hybridized carbons (Fsp3) is 0.600. The number of rotatable bonds is 5. The summed E-state index contributed by atoms with van der Waals surface area (Å²) in [5, 5.41) is 8.64. The molecule has 5 heteroatoms. The molecule has 0 bridgehead atoms. The lowest BCUT2D eigenvalue weighted by molar-refractivity contribution is 0.241. The maximum absolute atomic E-state index is 11.2. The molecule has 0 saturated carbocycles. The summed E-state index contributed by atoms with van der Waals surface area (Å²) in [6.45, 7) is 5.37. The van der Waals surface area contributed by atoms with Crippen molar-refractivity contribution in [3.8, 4) is 0 Å². The molecule has 0 saturated heterocycles. The molecule has 0 radical (unpaired) electrons. The molecule has 0 aliphatic heterocycles. The average Bonchev–Trinajstić information content (AvgIpc) is 2.61. The minimum Gasteiger partial charge on any atom is -0.338 e. The van der Waals surface area contributed by atoms with Crippen LogP contribution >= 0.6 is 11.3 Å². The number of thiazole rings is 1. The second kappa shape index (κ2) is 6.40. The van der Waals surface area contributed by atoms with Gasteiger partial charge in [-0.05, 0) is 13.3 Å². The molecule has 0 aliphatic rings. The lowest BCUT2D eigenvalue weighted by atomic mass is 10.4. The average molecular weight is 227 g/mol. The first-order valence-electron chi connectivity index (χ1n) is 5.15. The molecule has 0 aromatic carbocycles. The van der Waals surface area contributed by atoms with Crippen molar-refractivity contribution in [2.75, 3.05) is 13.1 Å². The van der Waals surface area contributed by atoms with Crippen molar-refractivity contribution in [2.24, 2.45) is 0 Å². The van der Waals surface area contributed by atoms with E-state index < -0.39 is 0 Å². The number of urea groups is 1. The second-order valence-electron chi connectivity index (χ2n) is 3.32. The summed E-state index contributed by atoms with van der Waals surface area (Å²) < 4.78 is 0. The van der Waals surface area contributed by atoms with E-state index in [2.05, 4.69) is 15.6 Å². The molecule has 15 heavy (non-hydrogen) atoms. The summed E-state index contributed by atoms with van der Waals surface area (Å²) in [6, 6.07) is -0.0925. The Morgan fingerprint density at radius 3 is 2.80 bits per heavy atom. The summed E-state index contributed by atoms with van der Waals surface area (Å²) >= 11 is 1.64. The van der Waals surface area contributed by atoms with Crippen LogP contribution in [0.4, 0.5) is 4.79 Å². The van der Waals surface area contributed by atoms with Crippen LogP contribution in [0, 0.1) is 6.92 Å². The molecule has 0 aliphatic carbocycles. The summed E-state index contributed by atoms with van der Waals surface area (Å²) in [5.41, 5.74) is 1.05. The number of carbonyl (C=O) groups is 1. The van der Waals surface area contributed by atoms with Gasteiger partial charge in [0.1, 0.15) is 0 Å². The Balaban J connectivity index is 2.13. The van der Waals surface area contributed by atoms with Crippen molar-refractivity contribution in [1.82, 2.24) is 15.6 Å². The molecule has 1 aromatic rings. The van der Waals surface area contributed by atoms with E-state index in [9.17, 15) is 4.79 Å². The quantitative estimate of drug-likeness (QED) is 0.804. The second-order valence-corrected chi connectivity index (χ2v) is 4.26. The highest BCUT2D eigenvalue weighted by Crippen LogP contribution is 2.08. The van der Waals surface area contributed by atoms with Gasteiger partial charge in [0.25, 0.3) is 0 Å². The standard InChI is InChI=1S/C10H17N3OS/c1-3-5-11-10(14)12-6-4-9-13-8(2)7-15-9/h7H,3-6H2,1-2H3,(H2,11,12,14). The Kier molecular flexibility index (Phi) is 5.10. The van der Waals surface area contributed by atoms with Gasteiger partial charge in [-0.25, -0.2) is 9.78 Å². The van der Waals surface area contributed by atoms with Gasteiger partial charge in [0, 0.05) is 30.6 Å². The topological polar surface area (TPSA) is 54.0 Å². The number of aryl methyl sites for hydroxylation is 1. The first-order valence-corrected chi connectivity index (χ1v) is 6.03. The van der Waals surface area contributed by atoms with Gasteiger partial charge in [0.15, 0.2) is 0 Å². The summed E-state index contributed by atoms with van der Waals surface area (Å²) in [7, 11) is 0. The van der Waals surface area contributed by atoms with Crippen LogP contribution in [0.5, 0.6) is 0 Å². The van der Waals surface area contributed by atoms with E-state index in [0.717, 1.165) is 30.1 Å². The van der Waals surface area contributed by atoms with Crippen LogP contribution in [0.3, 0.4) is 0 Å². The van der Waals surface area contributed by atoms with E-state index in [-0.39, 0.29) is 6.03 Å². The number of nitrogens with one attached hydrogen (secondary N) is 2. The maximum Gasteiger partial charge on any atom is 0.314 e.